The van der Waals surface area contributed by atoms with Crippen molar-refractivity contribution in [2.24, 2.45) is 0 Å². The largest absolute Gasteiger partial charge is 0.494 e. The van der Waals surface area contributed by atoms with Gasteiger partial charge < -0.3 is 9.64 Å². The van der Waals surface area contributed by atoms with Gasteiger partial charge in [-0.3, -0.25) is 4.90 Å². The van der Waals surface area contributed by atoms with Crippen molar-refractivity contribution in [1.29, 1.82) is 0 Å². The Morgan fingerprint density at radius 2 is 1.73 bits per heavy atom. The number of piperidine rings is 1. The minimum absolute atomic E-state index is 0.165. The SMILES string of the molecule is Fc1ccc([C@H]2CN3CCC[C@H]3c3cc(OCCCN4CCCCC4)ccc32)cc1. The lowest BCUT2D eigenvalue weighted by molar-refractivity contribution is 0.204. The molecule has 4 heteroatoms. The summed E-state index contributed by atoms with van der Waals surface area (Å²) in [6.45, 7) is 6.61. The first-order valence-electron chi connectivity index (χ1n) is 11.8. The molecule has 2 saturated heterocycles. The lowest BCUT2D eigenvalue weighted by atomic mass is 9.81. The number of rotatable bonds is 6. The van der Waals surface area contributed by atoms with E-state index in [-0.39, 0.29) is 5.82 Å². The normalized spacial score (nSPS) is 24.4. The lowest BCUT2D eigenvalue weighted by Crippen LogP contribution is -2.34. The molecule has 0 N–H and O–H groups in total. The summed E-state index contributed by atoms with van der Waals surface area (Å²) < 4.78 is 19.6. The zero-order chi connectivity index (χ0) is 20.3. The molecule has 3 aliphatic rings. The van der Waals surface area contributed by atoms with Crippen LogP contribution in [0.5, 0.6) is 5.75 Å². The fourth-order valence-electron chi connectivity index (χ4n) is 5.62. The van der Waals surface area contributed by atoms with Crippen LogP contribution in [0.4, 0.5) is 4.39 Å². The minimum atomic E-state index is -0.165. The first kappa shape index (κ1) is 20.0. The molecule has 0 bridgehead atoms. The first-order valence-corrected chi connectivity index (χ1v) is 11.8. The summed E-state index contributed by atoms with van der Waals surface area (Å²) in [5.41, 5.74) is 4.02. The van der Waals surface area contributed by atoms with E-state index in [4.69, 9.17) is 4.74 Å². The van der Waals surface area contributed by atoms with Gasteiger partial charge in [0.1, 0.15) is 11.6 Å². The molecular formula is C26H33FN2O. The molecule has 0 saturated carbocycles. The van der Waals surface area contributed by atoms with Crippen LogP contribution in [0.3, 0.4) is 0 Å². The van der Waals surface area contributed by atoms with Crippen LogP contribution in [0.1, 0.15) is 67.2 Å². The maximum atomic E-state index is 13.5. The number of likely N-dealkylation sites (tertiary alicyclic amines) is 1. The number of fused-ring (bicyclic) bond motifs is 3. The van der Waals surface area contributed by atoms with E-state index < -0.39 is 0 Å². The average Bonchev–Trinajstić information content (AvgIpc) is 3.26. The van der Waals surface area contributed by atoms with E-state index in [2.05, 4.69) is 28.0 Å². The molecule has 0 aliphatic carbocycles. The van der Waals surface area contributed by atoms with E-state index in [9.17, 15) is 4.39 Å². The molecule has 0 spiro atoms. The second-order valence-electron chi connectivity index (χ2n) is 9.15. The topological polar surface area (TPSA) is 15.7 Å². The highest BCUT2D eigenvalue weighted by atomic mass is 19.1. The maximum Gasteiger partial charge on any atom is 0.123 e. The summed E-state index contributed by atoms with van der Waals surface area (Å²) in [5.74, 6) is 1.14. The fraction of sp³-hybridized carbons (Fsp3) is 0.538. The molecule has 160 valence electrons. The monoisotopic (exact) mass is 408 g/mol. The predicted octanol–water partition coefficient (Wildman–Crippen LogP) is 5.36. The van der Waals surface area contributed by atoms with Gasteiger partial charge in [-0.05, 0) is 92.7 Å². The van der Waals surface area contributed by atoms with E-state index in [0.29, 0.717) is 12.0 Å². The van der Waals surface area contributed by atoms with Crippen LogP contribution in [0.15, 0.2) is 42.5 Å². The lowest BCUT2D eigenvalue weighted by Gasteiger charge is -2.37. The van der Waals surface area contributed by atoms with Crippen LogP contribution in [0.2, 0.25) is 0 Å². The molecule has 3 heterocycles. The third kappa shape index (κ3) is 4.26. The molecule has 2 fully saturated rings. The Bertz CT molecular complexity index is 847. The van der Waals surface area contributed by atoms with Gasteiger partial charge in [0.15, 0.2) is 0 Å². The highest BCUT2D eigenvalue weighted by molar-refractivity contribution is 5.46. The van der Waals surface area contributed by atoms with Crippen molar-refractivity contribution in [1.82, 2.24) is 9.80 Å². The van der Waals surface area contributed by atoms with Crippen LogP contribution in [-0.4, -0.2) is 49.1 Å². The van der Waals surface area contributed by atoms with Gasteiger partial charge in [0.25, 0.3) is 0 Å². The minimum Gasteiger partial charge on any atom is -0.494 e. The van der Waals surface area contributed by atoms with Crippen molar-refractivity contribution < 1.29 is 9.13 Å². The van der Waals surface area contributed by atoms with E-state index in [0.717, 1.165) is 38.4 Å². The molecule has 2 atom stereocenters. The number of hydrogen-bond acceptors (Lipinski definition) is 3. The molecule has 0 unspecified atom stereocenters. The fourth-order valence-corrected chi connectivity index (χ4v) is 5.62. The van der Waals surface area contributed by atoms with Crippen LogP contribution in [0, 0.1) is 5.82 Å². The van der Waals surface area contributed by atoms with Gasteiger partial charge in [0, 0.05) is 25.0 Å². The van der Waals surface area contributed by atoms with Gasteiger partial charge in [-0.25, -0.2) is 4.39 Å². The zero-order valence-corrected chi connectivity index (χ0v) is 17.9. The van der Waals surface area contributed by atoms with Crippen molar-refractivity contribution in [3.05, 3.63) is 65.0 Å². The van der Waals surface area contributed by atoms with E-state index in [1.165, 1.54) is 61.9 Å². The third-order valence-corrected chi connectivity index (χ3v) is 7.18. The van der Waals surface area contributed by atoms with Crippen LogP contribution >= 0.6 is 0 Å². The molecule has 0 amide bonds. The number of benzene rings is 2. The summed E-state index contributed by atoms with van der Waals surface area (Å²) in [4.78, 5) is 5.18. The molecule has 0 radical (unpaired) electrons. The highest BCUT2D eigenvalue weighted by Crippen LogP contribution is 2.45. The number of hydrogen-bond donors (Lipinski definition) is 0. The van der Waals surface area contributed by atoms with Crippen LogP contribution in [0.25, 0.3) is 0 Å². The second-order valence-corrected chi connectivity index (χ2v) is 9.15. The van der Waals surface area contributed by atoms with E-state index in [1.807, 2.05) is 12.1 Å². The molecule has 5 rings (SSSR count). The Hall–Kier alpha value is -1.91. The van der Waals surface area contributed by atoms with Crippen molar-refractivity contribution in [2.45, 2.75) is 50.5 Å². The molecular weight excluding hydrogens is 375 g/mol. The van der Waals surface area contributed by atoms with Gasteiger partial charge >= 0.3 is 0 Å². The first-order chi connectivity index (χ1) is 14.8. The van der Waals surface area contributed by atoms with Gasteiger partial charge in [0.05, 0.1) is 6.61 Å². The predicted molar refractivity (Wildman–Crippen MR) is 119 cm³/mol. The van der Waals surface area contributed by atoms with Crippen molar-refractivity contribution >= 4 is 0 Å². The molecule has 2 aromatic carbocycles. The van der Waals surface area contributed by atoms with Crippen LogP contribution in [-0.2, 0) is 0 Å². The molecule has 0 aromatic heterocycles. The summed E-state index contributed by atoms with van der Waals surface area (Å²) in [5, 5.41) is 0. The highest BCUT2D eigenvalue weighted by Gasteiger charge is 2.36. The molecule has 3 nitrogen and oxygen atoms in total. The Labute approximate surface area is 179 Å². The van der Waals surface area contributed by atoms with E-state index >= 15 is 0 Å². The van der Waals surface area contributed by atoms with Crippen LogP contribution < -0.4 is 4.74 Å². The summed E-state index contributed by atoms with van der Waals surface area (Å²) in [6, 6.07) is 14.3. The Kier molecular flexibility index (Phi) is 6.05. The quantitative estimate of drug-likeness (QED) is 0.598. The van der Waals surface area contributed by atoms with Gasteiger partial charge in [0.2, 0.25) is 0 Å². The molecule has 2 aromatic rings. The number of nitrogens with zero attached hydrogens (tertiary/aromatic N) is 2. The van der Waals surface area contributed by atoms with Gasteiger partial charge in [-0.1, -0.05) is 24.6 Å². The Balaban J connectivity index is 1.29. The van der Waals surface area contributed by atoms with Crippen molar-refractivity contribution in [3.8, 4) is 5.75 Å². The van der Waals surface area contributed by atoms with Gasteiger partial charge in [-0.15, -0.1) is 0 Å². The standard InChI is InChI=1S/C26H33FN2O/c27-21-9-7-20(8-10-21)25-19-29-16-4-6-26(29)24-18-22(11-12-23(24)25)30-17-5-15-28-13-2-1-3-14-28/h7-12,18,25-26H,1-6,13-17,19H2/t25-,26+/m1/s1. The zero-order valence-electron chi connectivity index (χ0n) is 17.9. The molecule has 30 heavy (non-hydrogen) atoms. The number of ether oxygens (including phenoxy) is 1. The van der Waals surface area contributed by atoms with Crippen molar-refractivity contribution in [3.63, 3.8) is 0 Å². The summed E-state index contributed by atoms with van der Waals surface area (Å²) >= 11 is 0. The molecule has 3 aliphatic heterocycles. The summed E-state index contributed by atoms with van der Waals surface area (Å²) in [7, 11) is 0. The Morgan fingerprint density at radius 3 is 2.57 bits per heavy atom. The van der Waals surface area contributed by atoms with Crippen molar-refractivity contribution in [2.75, 3.05) is 39.3 Å². The smallest absolute Gasteiger partial charge is 0.123 e. The second kappa shape index (κ2) is 9.07. The van der Waals surface area contributed by atoms with Gasteiger partial charge in [-0.2, -0.15) is 0 Å². The number of halogens is 1. The summed E-state index contributed by atoms with van der Waals surface area (Å²) in [6.07, 6.45) is 7.64. The average molecular weight is 409 g/mol. The Morgan fingerprint density at radius 1 is 0.900 bits per heavy atom. The maximum absolute atomic E-state index is 13.5. The van der Waals surface area contributed by atoms with E-state index in [1.54, 1.807) is 12.1 Å². The third-order valence-electron chi connectivity index (χ3n) is 7.18.